The Hall–Kier alpha value is -0.950. The van der Waals surface area contributed by atoms with Crippen LogP contribution in [0.2, 0.25) is 0 Å². The highest BCUT2D eigenvalue weighted by molar-refractivity contribution is 8.00. The summed E-state index contributed by atoms with van der Waals surface area (Å²) in [6.07, 6.45) is 10.6. The number of thiazole rings is 1. The molecular formula is C20H33N5S2. The summed E-state index contributed by atoms with van der Waals surface area (Å²) in [5.41, 5.74) is 1.21. The number of rotatable bonds is 4. The van der Waals surface area contributed by atoms with Crippen molar-refractivity contribution in [3.8, 4) is 0 Å². The van der Waals surface area contributed by atoms with Crippen LogP contribution in [0, 0.1) is 0 Å². The van der Waals surface area contributed by atoms with Gasteiger partial charge in [0.25, 0.3) is 0 Å². The maximum atomic E-state index is 4.84. The van der Waals surface area contributed by atoms with Gasteiger partial charge in [-0.1, -0.05) is 19.3 Å². The number of nitrogens with one attached hydrogen (secondary N) is 1. The van der Waals surface area contributed by atoms with Crippen LogP contribution in [-0.4, -0.2) is 66.1 Å². The molecule has 3 aliphatic rings. The molecule has 5 nitrogen and oxygen atoms in total. The predicted molar refractivity (Wildman–Crippen MR) is 118 cm³/mol. The average molecular weight is 408 g/mol. The van der Waals surface area contributed by atoms with E-state index in [1.165, 1.54) is 74.6 Å². The number of anilines is 1. The van der Waals surface area contributed by atoms with Gasteiger partial charge in [0, 0.05) is 62.1 Å². The molecule has 3 fully saturated rings. The molecule has 1 aromatic rings. The van der Waals surface area contributed by atoms with E-state index in [9.17, 15) is 0 Å². The van der Waals surface area contributed by atoms with E-state index in [2.05, 4.69) is 37.3 Å². The highest BCUT2D eigenvalue weighted by Crippen LogP contribution is 2.42. The minimum absolute atomic E-state index is 0.480. The zero-order valence-electron chi connectivity index (χ0n) is 16.6. The zero-order chi connectivity index (χ0) is 18.5. The standard InChI is InChI=1S/C20H33N5S2/c1-21-18(25-13-14-27-20(16-25)8-3-2-4-9-20)22-10-7-17-15-26-19(23-17)24-11-5-6-12-24/h15H,2-14,16H2,1H3,(H,21,22). The molecule has 0 radical (unpaired) electrons. The minimum atomic E-state index is 0.480. The smallest absolute Gasteiger partial charge is 0.193 e. The van der Waals surface area contributed by atoms with Gasteiger partial charge < -0.3 is 15.1 Å². The molecule has 150 valence electrons. The first-order valence-electron chi connectivity index (χ1n) is 10.6. The lowest BCUT2D eigenvalue weighted by Gasteiger charge is -2.45. The Kier molecular flexibility index (Phi) is 6.48. The number of aliphatic imine (C=N–C) groups is 1. The summed E-state index contributed by atoms with van der Waals surface area (Å²) in [6.45, 7) is 5.53. The Labute approximate surface area is 172 Å². The lowest BCUT2D eigenvalue weighted by molar-refractivity contribution is 0.293. The summed E-state index contributed by atoms with van der Waals surface area (Å²) in [4.78, 5) is 14.4. The molecule has 1 N–H and O–H groups in total. The summed E-state index contributed by atoms with van der Waals surface area (Å²) < 4.78 is 0.480. The number of aromatic nitrogens is 1. The molecule has 2 saturated heterocycles. The number of guanidine groups is 1. The van der Waals surface area contributed by atoms with Crippen molar-refractivity contribution in [2.24, 2.45) is 4.99 Å². The van der Waals surface area contributed by atoms with Crippen molar-refractivity contribution in [3.05, 3.63) is 11.1 Å². The first kappa shape index (κ1) is 19.4. The fraction of sp³-hybridized carbons (Fsp3) is 0.800. The van der Waals surface area contributed by atoms with Crippen LogP contribution in [0.25, 0.3) is 0 Å². The van der Waals surface area contributed by atoms with Crippen LogP contribution in [0.15, 0.2) is 10.4 Å². The van der Waals surface area contributed by atoms with Gasteiger partial charge in [-0.3, -0.25) is 4.99 Å². The largest absolute Gasteiger partial charge is 0.356 e. The second-order valence-electron chi connectivity index (χ2n) is 8.05. The molecule has 1 spiro atoms. The van der Waals surface area contributed by atoms with Crippen LogP contribution in [0.1, 0.15) is 50.6 Å². The molecule has 2 aliphatic heterocycles. The van der Waals surface area contributed by atoms with Crippen molar-refractivity contribution in [1.82, 2.24) is 15.2 Å². The Bertz CT molecular complexity index is 627. The molecular weight excluding hydrogens is 374 g/mol. The van der Waals surface area contributed by atoms with Gasteiger partial charge >= 0.3 is 0 Å². The van der Waals surface area contributed by atoms with Crippen LogP contribution in [-0.2, 0) is 6.42 Å². The molecule has 7 heteroatoms. The summed E-state index contributed by atoms with van der Waals surface area (Å²) in [7, 11) is 1.92. The molecule has 1 aliphatic carbocycles. The van der Waals surface area contributed by atoms with Gasteiger partial charge in [0.15, 0.2) is 11.1 Å². The molecule has 1 saturated carbocycles. The number of hydrogen-bond acceptors (Lipinski definition) is 5. The van der Waals surface area contributed by atoms with Crippen LogP contribution in [0.4, 0.5) is 5.13 Å². The Morgan fingerprint density at radius 1 is 1.19 bits per heavy atom. The van der Waals surface area contributed by atoms with E-state index in [1.807, 2.05) is 7.05 Å². The van der Waals surface area contributed by atoms with E-state index in [-0.39, 0.29) is 0 Å². The van der Waals surface area contributed by atoms with Gasteiger partial charge in [-0.25, -0.2) is 4.98 Å². The third-order valence-corrected chi connectivity index (χ3v) is 8.59. The van der Waals surface area contributed by atoms with Crippen molar-refractivity contribution < 1.29 is 0 Å². The average Bonchev–Trinajstić information content (AvgIpc) is 3.37. The topological polar surface area (TPSA) is 43.8 Å². The Morgan fingerprint density at radius 2 is 2.00 bits per heavy atom. The van der Waals surface area contributed by atoms with E-state index in [0.717, 1.165) is 32.0 Å². The summed E-state index contributed by atoms with van der Waals surface area (Å²) >= 11 is 4.01. The van der Waals surface area contributed by atoms with Crippen molar-refractivity contribution in [3.63, 3.8) is 0 Å². The minimum Gasteiger partial charge on any atom is -0.356 e. The fourth-order valence-electron chi connectivity index (χ4n) is 4.62. The van der Waals surface area contributed by atoms with E-state index in [4.69, 9.17) is 4.98 Å². The van der Waals surface area contributed by atoms with Crippen LogP contribution < -0.4 is 10.2 Å². The van der Waals surface area contributed by atoms with Crippen LogP contribution >= 0.6 is 23.1 Å². The molecule has 1 aromatic heterocycles. The van der Waals surface area contributed by atoms with Gasteiger partial charge in [0.2, 0.25) is 0 Å². The molecule has 0 bridgehead atoms. The number of hydrogen-bond donors (Lipinski definition) is 1. The Morgan fingerprint density at radius 3 is 2.78 bits per heavy atom. The molecule has 0 aromatic carbocycles. The first-order chi connectivity index (χ1) is 13.3. The number of thioether (sulfide) groups is 1. The van der Waals surface area contributed by atoms with E-state index < -0.39 is 0 Å². The molecule has 0 unspecified atom stereocenters. The highest BCUT2D eigenvalue weighted by Gasteiger charge is 2.38. The molecule has 0 atom stereocenters. The van der Waals surface area contributed by atoms with E-state index in [0.29, 0.717) is 4.75 Å². The van der Waals surface area contributed by atoms with Gasteiger partial charge in [-0.2, -0.15) is 11.8 Å². The SMILES string of the molecule is CN=C(NCCc1csc(N2CCCC2)n1)N1CCSC2(CCCCC2)C1. The van der Waals surface area contributed by atoms with E-state index >= 15 is 0 Å². The van der Waals surface area contributed by atoms with Gasteiger partial charge in [-0.15, -0.1) is 11.3 Å². The quantitative estimate of drug-likeness (QED) is 0.610. The molecule has 3 heterocycles. The van der Waals surface area contributed by atoms with Gasteiger partial charge in [0.1, 0.15) is 0 Å². The molecule has 27 heavy (non-hydrogen) atoms. The maximum absolute atomic E-state index is 4.84. The third-order valence-electron chi connectivity index (χ3n) is 6.11. The second-order valence-corrected chi connectivity index (χ2v) is 10.5. The van der Waals surface area contributed by atoms with Crippen LogP contribution in [0.5, 0.6) is 0 Å². The van der Waals surface area contributed by atoms with Crippen molar-refractivity contribution >= 4 is 34.2 Å². The Balaban J connectivity index is 1.28. The van der Waals surface area contributed by atoms with Crippen LogP contribution in [0.3, 0.4) is 0 Å². The highest BCUT2D eigenvalue weighted by atomic mass is 32.2. The van der Waals surface area contributed by atoms with Crippen molar-refractivity contribution in [2.75, 3.05) is 50.4 Å². The monoisotopic (exact) mass is 407 g/mol. The summed E-state index contributed by atoms with van der Waals surface area (Å²) in [6, 6.07) is 0. The number of nitrogens with zero attached hydrogens (tertiary/aromatic N) is 4. The van der Waals surface area contributed by atoms with Crippen molar-refractivity contribution in [1.29, 1.82) is 0 Å². The summed E-state index contributed by atoms with van der Waals surface area (Å²) in [5, 5.41) is 7.04. The molecule has 0 amide bonds. The van der Waals surface area contributed by atoms with E-state index in [1.54, 1.807) is 11.3 Å². The van der Waals surface area contributed by atoms with Crippen molar-refractivity contribution in [2.45, 2.75) is 56.1 Å². The summed E-state index contributed by atoms with van der Waals surface area (Å²) in [5.74, 6) is 2.31. The third kappa shape index (κ3) is 4.73. The fourth-order valence-corrected chi connectivity index (χ4v) is 7.11. The zero-order valence-corrected chi connectivity index (χ0v) is 18.2. The maximum Gasteiger partial charge on any atom is 0.193 e. The second kappa shape index (κ2) is 9.03. The lowest BCUT2D eigenvalue weighted by atomic mass is 9.87. The molecule has 4 rings (SSSR count). The normalized spacial score (nSPS) is 23.2. The lowest BCUT2D eigenvalue weighted by Crippen LogP contribution is -2.53. The van der Waals surface area contributed by atoms with Gasteiger partial charge in [0.05, 0.1) is 5.69 Å². The van der Waals surface area contributed by atoms with Gasteiger partial charge in [-0.05, 0) is 25.7 Å². The first-order valence-corrected chi connectivity index (χ1v) is 12.4. The predicted octanol–water partition coefficient (Wildman–Crippen LogP) is 3.61.